The van der Waals surface area contributed by atoms with Crippen LogP contribution in [0.15, 0.2) is 24.8 Å². The molecule has 0 aliphatic carbocycles. The van der Waals surface area contributed by atoms with Crippen molar-refractivity contribution in [1.29, 1.82) is 5.26 Å². The lowest BCUT2D eigenvalue weighted by atomic mass is 9.94. The van der Waals surface area contributed by atoms with Crippen molar-refractivity contribution in [2.45, 2.75) is 31.9 Å². The predicted octanol–water partition coefficient (Wildman–Crippen LogP) is 3.30. The van der Waals surface area contributed by atoms with Crippen molar-refractivity contribution in [2.75, 3.05) is 6.54 Å². The predicted molar refractivity (Wildman–Crippen MR) is 81.1 cm³/mol. The summed E-state index contributed by atoms with van der Waals surface area (Å²) in [6.45, 7) is 5.91. The lowest BCUT2D eigenvalue weighted by Crippen LogP contribution is -2.64. The number of carbonyl (C=O) groups is 1. The van der Waals surface area contributed by atoms with Gasteiger partial charge in [0.15, 0.2) is 0 Å². The van der Waals surface area contributed by atoms with E-state index in [0.29, 0.717) is 6.54 Å². The zero-order valence-corrected chi connectivity index (χ0v) is 12.9. The molecular weight excluding hydrogens is 307 g/mol. The maximum atomic E-state index is 13.4. The molecule has 4 nitrogen and oxygen atoms in total. The van der Waals surface area contributed by atoms with Gasteiger partial charge in [-0.25, -0.2) is 4.39 Å². The minimum atomic E-state index is -0.659. The smallest absolute Gasteiger partial charge is 0.246 e. The first kappa shape index (κ1) is 16.3. The number of nitriles is 1. The van der Waals surface area contributed by atoms with Gasteiger partial charge in [-0.1, -0.05) is 31.5 Å². The van der Waals surface area contributed by atoms with Crippen molar-refractivity contribution in [3.8, 4) is 11.8 Å². The number of nitrogens with zero attached hydrogens (tertiary/aromatic N) is 2. The molecule has 0 radical (unpaired) electrons. The average Bonchev–Trinajstić information content (AvgIpc) is 2.50. The topological polar surface area (TPSA) is 53.3 Å². The van der Waals surface area contributed by atoms with Gasteiger partial charge in [-0.05, 0) is 18.6 Å². The van der Waals surface area contributed by atoms with Crippen LogP contribution in [0.4, 0.5) is 4.39 Å². The monoisotopic (exact) mass is 322 g/mol. The van der Waals surface area contributed by atoms with E-state index >= 15 is 0 Å². The van der Waals surface area contributed by atoms with Crippen LogP contribution in [0.3, 0.4) is 0 Å². The average molecular weight is 323 g/mol. The van der Waals surface area contributed by atoms with Crippen molar-refractivity contribution in [2.24, 2.45) is 0 Å². The van der Waals surface area contributed by atoms with E-state index in [4.69, 9.17) is 21.6 Å². The van der Waals surface area contributed by atoms with Gasteiger partial charge in [-0.15, -0.1) is 0 Å². The van der Waals surface area contributed by atoms with Crippen LogP contribution in [0.25, 0.3) is 0 Å². The minimum absolute atomic E-state index is 0.0779. The molecular formula is C16H16ClFN2O2. The molecule has 116 valence electrons. The van der Waals surface area contributed by atoms with E-state index in [-0.39, 0.29) is 34.4 Å². The van der Waals surface area contributed by atoms with Gasteiger partial charge in [0.05, 0.1) is 23.2 Å². The molecule has 0 spiro atoms. The lowest BCUT2D eigenvalue weighted by molar-refractivity contribution is -0.143. The van der Waals surface area contributed by atoms with E-state index in [2.05, 4.69) is 6.58 Å². The van der Waals surface area contributed by atoms with Crippen LogP contribution in [0.5, 0.6) is 5.75 Å². The minimum Gasteiger partial charge on any atom is -0.485 e. The molecule has 1 aromatic carbocycles. The molecule has 2 rings (SSSR count). The van der Waals surface area contributed by atoms with Gasteiger partial charge < -0.3 is 9.64 Å². The first-order chi connectivity index (χ1) is 10.5. The van der Waals surface area contributed by atoms with Gasteiger partial charge in [0.2, 0.25) is 5.91 Å². The summed E-state index contributed by atoms with van der Waals surface area (Å²) in [5.74, 6) is -0.561. The van der Waals surface area contributed by atoms with Gasteiger partial charge in [-0.3, -0.25) is 4.79 Å². The van der Waals surface area contributed by atoms with Gasteiger partial charge in [0, 0.05) is 6.07 Å². The maximum absolute atomic E-state index is 13.4. The number of halogens is 2. The fraction of sp³-hybridized carbons (Fsp3) is 0.375. The Morgan fingerprint density at radius 2 is 2.41 bits per heavy atom. The summed E-state index contributed by atoms with van der Waals surface area (Å²) in [5, 5.41) is 8.97. The van der Waals surface area contributed by atoms with E-state index in [1.54, 1.807) is 4.90 Å². The lowest BCUT2D eigenvalue weighted by Gasteiger charge is -2.47. The highest BCUT2D eigenvalue weighted by molar-refractivity contribution is 6.30. The number of rotatable bonds is 5. The summed E-state index contributed by atoms with van der Waals surface area (Å²) in [6.07, 6.45) is 2.70. The van der Waals surface area contributed by atoms with Gasteiger partial charge in [0.25, 0.3) is 0 Å². The number of hydrogen-bond donors (Lipinski definition) is 0. The van der Waals surface area contributed by atoms with E-state index < -0.39 is 5.82 Å². The molecule has 1 amide bonds. The number of amides is 1. The molecule has 0 bridgehead atoms. The third-order valence-corrected chi connectivity index (χ3v) is 3.96. The summed E-state index contributed by atoms with van der Waals surface area (Å²) in [4.78, 5) is 13.4. The standard InChI is InChI=1S/C16H16ClFN2O2/c1-3-5-13-15(9-20(13)16(21)4-2)22-14-7-11(17)12(18)6-10(14)8-19/h4,6-7,13,15H,2-3,5,9H2,1H3/t13-,15-/m1/s1. The van der Waals surface area contributed by atoms with Crippen LogP contribution in [-0.4, -0.2) is 29.5 Å². The van der Waals surface area contributed by atoms with Gasteiger partial charge in [-0.2, -0.15) is 5.26 Å². The first-order valence-corrected chi connectivity index (χ1v) is 7.38. The summed E-state index contributed by atoms with van der Waals surface area (Å²) >= 11 is 5.74. The van der Waals surface area contributed by atoms with Crippen LogP contribution in [-0.2, 0) is 4.79 Å². The fourth-order valence-electron chi connectivity index (χ4n) is 2.51. The molecule has 1 fully saturated rings. The Kier molecular flexibility index (Phi) is 5.04. The van der Waals surface area contributed by atoms with Gasteiger partial charge >= 0.3 is 0 Å². The Bertz CT molecular complexity index is 642. The Morgan fingerprint density at radius 1 is 1.68 bits per heavy atom. The zero-order valence-electron chi connectivity index (χ0n) is 12.2. The SMILES string of the molecule is C=CC(=O)N1C[C@@H](Oc2cc(Cl)c(F)cc2C#N)[C@H]1CCC. The van der Waals surface area contributed by atoms with Crippen LogP contribution >= 0.6 is 11.6 Å². The fourth-order valence-corrected chi connectivity index (χ4v) is 2.67. The van der Waals surface area contributed by atoms with Gasteiger partial charge in [0.1, 0.15) is 23.7 Å². The quantitative estimate of drug-likeness (QED) is 0.782. The Balaban J connectivity index is 2.17. The molecule has 22 heavy (non-hydrogen) atoms. The second-order valence-electron chi connectivity index (χ2n) is 5.08. The van der Waals surface area contributed by atoms with E-state index in [9.17, 15) is 9.18 Å². The summed E-state index contributed by atoms with van der Waals surface area (Å²) in [5.41, 5.74) is 0.0886. The summed E-state index contributed by atoms with van der Waals surface area (Å²) in [6, 6.07) is 4.17. The Hall–Kier alpha value is -2.06. The summed E-state index contributed by atoms with van der Waals surface area (Å²) < 4.78 is 19.2. The van der Waals surface area contributed by atoms with Crippen LogP contribution in [0, 0.1) is 17.1 Å². The number of carbonyl (C=O) groups excluding carboxylic acids is 1. The van der Waals surface area contributed by atoms with Crippen molar-refractivity contribution in [3.63, 3.8) is 0 Å². The third kappa shape index (κ3) is 3.07. The van der Waals surface area contributed by atoms with E-state index in [1.807, 2.05) is 13.0 Å². The highest BCUT2D eigenvalue weighted by Crippen LogP contribution is 2.32. The molecule has 1 aromatic rings. The largest absolute Gasteiger partial charge is 0.485 e. The van der Waals surface area contributed by atoms with Crippen LogP contribution in [0.2, 0.25) is 5.02 Å². The molecule has 1 heterocycles. The van der Waals surface area contributed by atoms with Crippen molar-refractivity contribution < 1.29 is 13.9 Å². The van der Waals surface area contributed by atoms with Crippen molar-refractivity contribution in [1.82, 2.24) is 4.90 Å². The first-order valence-electron chi connectivity index (χ1n) is 7.00. The number of ether oxygens (including phenoxy) is 1. The zero-order chi connectivity index (χ0) is 16.3. The molecule has 6 heteroatoms. The molecule has 0 saturated carbocycles. The molecule has 0 aromatic heterocycles. The Morgan fingerprint density at radius 3 is 3.00 bits per heavy atom. The van der Waals surface area contributed by atoms with Crippen molar-refractivity contribution in [3.05, 3.63) is 41.2 Å². The highest BCUT2D eigenvalue weighted by Gasteiger charge is 2.42. The maximum Gasteiger partial charge on any atom is 0.246 e. The second kappa shape index (κ2) is 6.80. The van der Waals surface area contributed by atoms with Crippen molar-refractivity contribution >= 4 is 17.5 Å². The molecule has 2 atom stereocenters. The third-order valence-electron chi connectivity index (χ3n) is 3.67. The van der Waals surface area contributed by atoms with Crippen LogP contribution < -0.4 is 4.74 Å². The van der Waals surface area contributed by atoms with Crippen LogP contribution in [0.1, 0.15) is 25.3 Å². The van der Waals surface area contributed by atoms with E-state index in [1.165, 1.54) is 12.1 Å². The molecule has 0 N–H and O–H groups in total. The highest BCUT2D eigenvalue weighted by atomic mass is 35.5. The Labute approximate surface area is 133 Å². The second-order valence-corrected chi connectivity index (χ2v) is 5.49. The molecule has 1 saturated heterocycles. The molecule has 0 unspecified atom stereocenters. The molecule has 1 aliphatic heterocycles. The normalized spacial score (nSPS) is 20.0. The number of hydrogen-bond acceptors (Lipinski definition) is 3. The summed E-state index contributed by atoms with van der Waals surface area (Å²) in [7, 11) is 0. The van der Waals surface area contributed by atoms with E-state index in [0.717, 1.165) is 18.9 Å². The number of benzene rings is 1. The number of likely N-dealkylation sites (tertiary alicyclic amines) is 1. The molecule has 1 aliphatic rings.